The summed E-state index contributed by atoms with van der Waals surface area (Å²) in [6.07, 6.45) is 2.30. The van der Waals surface area contributed by atoms with Crippen molar-refractivity contribution in [3.05, 3.63) is 36.0 Å². The number of carbonyl (C=O) groups excluding carboxylic acids is 2. The number of nitrogens with zero attached hydrogens (tertiary/aromatic N) is 3. The van der Waals surface area contributed by atoms with Crippen LogP contribution >= 0.6 is 0 Å². The highest BCUT2D eigenvalue weighted by atomic mass is 16.2. The molecule has 1 fully saturated rings. The molecule has 0 bridgehead atoms. The summed E-state index contributed by atoms with van der Waals surface area (Å²) in [5.41, 5.74) is 2.49. The molecule has 0 spiro atoms. The second-order valence-corrected chi connectivity index (χ2v) is 7.37. The molecule has 7 nitrogen and oxygen atoms in total. The van der Waals surface area contributed by atoms with Crippen molar-refractivity contribution in [1.29, 1.82) is 0 Å². The van der Waals surface area contributed by atoms with Crippen molar-refractivity contribution in [1.82, 2.24) is 9.97 Å². The summed E-state index contributed by atoms with van der Waals surface area (Å²) >= 11 is 0. The summed E-state index contributed by atoms with van der Waals surface area (Å²) in [4.78, 5) is 35.0. The van der Waals surface area contributed by atoms with Crippen LogP contribution in [0.25, 0.3) is 0 Å². The zero-order valence-electron chi connectivity index (χ0n) is 17.4. The highest BCUT2D eigenvalue weighted by Gasteiger charge is 2.24. The van der Waals surface area contributed by atoms with Crippen molar-refractivity contribution < 1.29 is 9.59 Å². The smallest absolute Gasteiger partial charge is 0.229 e. The molecule has 1 aliphatic rings. The van der Waals surface area contributed by atoms with Crippen LogP contribution in [0.5, 0.6) is 0 Å². The largest absolute Gasteiger partial charge is 0.357 e. The summed E-state index contributed by atoms with van der Waals surface area (Å²) in [5.74, 6) is 1.62. The molecule has 0 aliphatic heterocycles. The van der Waals surface area contributed by atoms with E-state index in [-0.39, 0.29) is 17.6 Å². The van der Waals surface area contributed by atoms with E-state index in [2.05, 4.69) is 39.3 Å². The van der Waals surface area contributed by atoms with E-state index in [0.29, 0.717) is 31.6 Å². The summed E-state index contributed by atoms with van der Waals surface area (Å²) in [7, 11) is 0. The molecular formula is C22H29N5O2. The zero-order valence-corrected chi connectivity index (χ0v) is 17.4. The van der Waals surface area contributed by atoms with Crippen LogP contribution in [0.4, 0.5) is 23.1 Å². The maximum atomic E-state index is 12.4. The SMILES string of the molecule is CCN(CC)c1cc(C)nc(Nc2ccc(NC(=O)C3CCC(=O)CC3)cc2)n1. The fraction of sp³-hybridized carbons (Fsp3) is 0.455. The van der Waals surface area contributed by atoms with Gasteiger partial charge < -0.3 is 15.5 Å². The standard InChI is InChI=1S/C22H29N5O2/c1-4-27(5-2)20-14-15(3)23-22(26-20)25-18-10-8-17(9-11-18)24-21(29)16-6-12-19(28)13-7-16/h8-11,14,16H,4-7,12-13H2,1-3H3,(H,24,29)(H,23,25,26). The van der Waals surface area contributed by atoms with Crippen LogP contribution in [-0.4, -0.2) is 34.7 Å². The van der Waals surface area contributed by atoms with Gasteiger partial charge in [0.05, 0.1) is 0 Å². The van der Waals surface area contributed by atoms with Crippen LogP contribution in [0.2, 0.25) is 0 Å². The molecule has 1 heterocycles. The second-order valence-electron chi connectivity index (χ2n) is 7.37. The molecule has 154 valence electrons. The Morgan fingerprint density at radius 2 is 1.69 bits per heavy atom. The third kappa shape index (κ3) is 5.53. The number of carbonyl (C=O) groups is 2. The quantitative estimate of drug-likeness (QED) is 0.735. The molecule has 1 aliphatic carbocycles. The van der Waals surface area contributed by atoms with Crippen LogP contribution in [0, 0.1) is 12.8 Å². The van der Waals surface area contributed by atoms with E-state index in [1.165, 1.54) is 0 Å². The van der Waals surface area contributed by atoms with Crippen LogP contribution in [0.15, 0.2) is 30.3 Å². The Bertz CT molecular complexity index is 852. The number of ketones is 1. The van der Waals surface area contributed by atoms with Crippen LogP contribution < -0.4 is 15.5 Å². The second kappa shape index (κ2) is 9.49. The lowest BCUT2D eigenvalue weighted by Crippen LogP contribution is -2.27. The van der Waals surface area contributed by atoms with Gasteiger partial charge in [0.1, 0.15) is 11.6 Å². The van der Waals surface area contributed by atoms with E-state index in [4.69, 9.17) is 0 Å². The Kier molecular flexibility index (Phi) is 6.80. The molecular weight excluding hydrogens is 366 g/mol. The van der Waals surface area contributed by atoms with Crippen LogP contribution in [0.3, 0.4) is 0 Å². The average molecular weight is 396 g/mol. The van der Waals surface area contributed by atoms with Gasteiger partial charge in [-0.1, -0.05) is 0 Å². The fourth-order valence-corrected chi connectivity index (χ4v) is 3.53. The summed E-state index contributed by atoms with van der Waals surface area (Å²) in [5, 5.41) is 6.19. The lowest BCUT2D eigenvalue weighted by atomic mass is 9.88. The van der Waals surface area contributed by atoms with E-state index in [9.17, 15) is 9.59 Å². The van der Waals surface area contributed by atoms with Gasteiger partial charge in [0.25, 0.3) is 0 Å². The van der Waals surface area contributed by atoms with E-state index < -0.39 is 0 Å². The van der Waals surface area contributed by atoms with Crippen molar-refractivity contribution in [3.8, 4) is 0 Å². The minimum absolute atomic E-state index is 0.0101. The Labute approximate surface area is 171 Å². The molecule has 0 radical (unpaired) electrons. The summed E-state index contributed by atoms with van der Waals surface area (Å²) < 4.78 is 0. The van der Waals surface area contributed by atoms with Crippen molar-refractivity contribution in [3.63, 3.8) is 0 Å². The fourth-order valence-electron chi connectivity index (χ4n) is 3.53. The number of nitrogens with one attached hydrogen (secondary N) is 2. The maximum absolute atomic E-state index is 12.4. The zero-order chi connectivity index (χ0) is 20.8. The van der Waals surface area contributed by atoms with Gasteiger partial charge in [0.2, 0.25) is 11.9 Å². The van der Waals surface area contributed by atoms with Crippen molar-refractivity contribution in [2.75, 3.05) is 28.6 Å². The molecule has 7 heteroatoms. The van der Waals surface area contributed by atoms with Gasteiger partial charge in [0, 0.05) is 55.0 Å². The molecule has 1 saturated carbocycles. The third-order valence-corrected chi connectivity index (χ3v) is 5.25. The molecule has 0 saturated heterocycles. The van der Waals surface area contributed by atoms with Crippen LogP contribution in [-0.2, 0) is 9.59 Å². The number of aryl methyl sites for hydroxylation is 1. The van der Waals surface area contributed by atoms with Gasteiger partial charge in [0.15, 0.2) is 0 Å². The van der Waals surface area contributed by atoms with Gasteiger partial charge in [-0.2, -0.15) is 4.98 Å². The van der Waals surface area contributed by atoms with Crippen molar-refractivity contribution >= 4 is 34.8 Å². The Hall–Kier alpha value is -2.96. The highest BCUT2D eigenvalue weighted by molar-refractivity contribution is 5.94. The number of Topliss-reactive ketones (excluding diaryl/α,β-unsaturated/α-hetero) is 1. The molecule has 1 aromatic heterocycles. The van der Waals surface area contributed by atoms with Crippen molar-refractivity contribution in [2.45, 2.75) is 46.5 Å². The number of aromatic nitrogens is 2. The van der Waals surface area contributed by atoms with E-state index in [1.807, 2.05) is 37.3 Å². The van der Waals surface area contributed by atoms with E-state index in [0.717, 1.165) is 36.0 Å². The number of amides is 1. The molecule has 1 aromatic carbocycles. The Balaban J connectivity index is 1.63. The van der Waals surface area contributed by atoms with Gasteiger partial charge >= 0.3 is 0 Å². The predicted molar refractivity (Wildman–Crippen MR) is 116 cm³/mol. The number of rotatable bonds is 7. The minimum Gasteiger partial charge on any atom is -0.357 e. The third-order valence-electron chi connectivity index (χ3n) is 5.25. The molecule has 1 amide bonds. The first-order chi connectivity index (χ1) is 14.0. The van der Waals surface area contributed by atoms with Crippen molar-refractivity contribution in [2.24, 2.45) is 5.92 Å². The monoisotopic (exact) mass is 395 g/mol. The number of hydrogen-bond donors (Lipinski definition) is 2. The minimum atomic E-state index is -0.0790. The number of anilines is 4. The van der Waals surface area contributed by atoms with Crippen LogP contribution in [0.1, 0.15) is 45.2 Å². The highest BCUT2D eigenvalue weighted by Crippen LogP contribution is 2.24. The van der Waals surface area contributed by atoms with Gasteiger partial charge in [-0.15, -0.1) is 0 Å². The van der Waals surface area contributed by atoms with Gasteiger partial charge in [-0.25, -0.2) is 4.98 Å². The molecule has 2 aromatic rings. The lowest BCUT2D eigenvalue weighted by molar-refractivity contribution is -0.125. The Morgan fingerprint density at radius 1 is 1.07 bits per heavy atom. The number of benzene rings is 1. The Morgan fingerprint density at radius 3 is 2.31 bits per heavy atom. The van der Waals surface area contributed by atoms with Gasteiger partial charge in [-0.05, 0) is 57.9 Å². The molecule has 29 heavy (non-hydrogen) atoms. The first-order valence-electron chi connectivity index (χ1n) is 10.3. The molecule has 0 atom stereocenters. The van der Waals surface area contributed by atoms with E-state index in [1.54, 1.807) is 0 Å². The lowest BCUT2D eigenvalue weighted by Gasteiger charge is -2.21. The first-order valence-corrected chi connectivity index (χ1v) is 10.3. The summed E-state index contributed by atoms with van der Waals surface area (Å²) in [6.45, 7) is 7.93. The average Bonchev–Trinajstić information content (AvgIpc) is 2.70. The number of hydrogen-bond acceptors (Lipinski definition) is 6. The normalized spacial score (nSPS) is 14.5. The molecule has 0 unspecified atom stereocenters. The topological polar surface area (TPSA) is 87.2 Å². The molecule has 3 rings (SSSR count). The predicted octanol–water partition coefficient (Wildman–Crippen LogP) is 4.07. The summed E-state index contributed by atoms with van der Waals surface area (Å²) in [6, 6.07) is 9.48. The maximum Gasteiger partial charge on any atom is 0.229 e. The first kappa shape index (κ1) is 20.8. The van der Waals surface area contributed by atoms with E-state index >= 15 is 0 Å². The molecule has 2 N–H and O–H groups in total. The van der Waals surface area contributed by atoms with Gasteiger partial charge in [-0.3, -0.25) is 9.59 Å².